The Morgan fingerprint density at radius 3 is 2.79 bits per heavy atom. The van der Waals surface area contributed by atoms with Crippen molar-refractivity contribution < 1.29 is 27.6 Å². The second kappa shape index (κ2) is 6.98. The number of nitrogens with one attached hydrogen (secondary N) is 1. The molecular formula is C13H11F3N4O4. The Balaban J connectivity index is 2.33. The average Bonchev–Trinajstić information content (AvgIpc) is 2.94. The maximum absolute atomic E-state index is 13.1. The minimum Gasteiger partial charge on any atom is -0.432 e. The molecule has 1 aromatic heterocycles. The summed E-state index contributed by atoms with van der Waals surface area (Å²) in [7, 11) is 0. The Morgan fingerprint density at radius 2 is 2.21 bits per heavy atom. The van der Waals surface area contributed by atoms with Gasteiger partial charge in [0.25, 0.3) is 5.91 Å². The molecule has 0 radical (unpaired) electrons. The van der Waals surface area contributed by atoms with Gasteiger partial charge in [0.05, 0.1) is 10.6 Å². The number of benzene rings is 1. The SMILES string of the molecule is CCn1cc([N+](=O)[O-])c(C(=O)Nc2ccc(F)cc2OC(F)F)n1. The number of hydrogen-bond acceptors (Lipinski definition) is 5. The molecule has 0 spiro atoms. The van der Waals surface area contributed by atoms with Crippen LogP contribution >= 0.6 is 0 Å². The number of anilines is 1. The minimum absolute atomic E-state index is 0.276. The molecule has 0 saturated carbocycles. The second-order valence-corrected chi connectivity index (χ2v) is 4.45. The van der Waals surface area contributed by atoms with Gasteiger partial charge >= 0.3 is 12.3 Å². The van der Waals surface area contributed by atoms with Crippen LogP contribution < -0.4 is 10.1 Å². The van der Waals surface area contributed by atoms with Crippen molar-refractivity contribution in [1.29, 1.82) is 0 Å². The quantitative estimate of drug-likeness (QED) is 0.642. The van der Waals surface area contributed by atoms with Crippen LogP contribution in [0.25, 0.3) is 0 Å². The van der Waals surface area contributed by atoms with E-state index in [2.05, 4.69) is 15.2 Å². The van der Waals surface area contributed by atoms with E-state index in [1.807, 2.05) is 0 Å². The van der Waals surface area contributed by atoms with Gasteiger partial charge in [-0.15, -0.1) is 0 Å². The third-order valence-electron chi connectivity index (χ3n) is 2.89. The van der Waals surface area contributed by atoms with E-state index < -0.39 is 40.4 Å². The zero-order chi connectivity index (χ0) is 17.9. The van der Waals surface area contributed by atoms with Gasteiger partial charge in [0, 0.05) is 12.6 Å². The van der Waals surface area contributed by atoms with E-state index >= 15 is 0 Å². The van der Waals surface area contributed by atoms with Crippen LogP contribution in [0.4, 0.5) is 24.5 Å². The molecule has 0 saturated heterocycles. The number of aryl methyl sites for hydroxylation is 1. The predicted octanol–water partition coefficient (Wildman–Crippen LogP) is 2.80. The van der Waals surface area contributed by atoms with Crippen LogP contribution in [0.5, 0.6) is 5.75 Å². The lowest BCUT2D eigenvalue weighted by atomic mass is 10.2. The third kappa shape index (κ3) is 3.80. The molecule has 2 rings (SSSR count). The van der Waals surface area contributed by atoms with Crippen molar-refractivity contribution in [1.82, 2.24) is 9.78 Å². The molecule has 1 amide bonds. The van der Waals surface area contributed by atoms with Gasteiger partial charge in [-0.1, -0.05) is 0 Å². The van der Waals surface area contributed by atoms with E-state index in [1.165, 1.54) is 4.68 Å². The van der Waals surface area contributed by atoms with Gasteiger partial charge in [-0.25, -0.2) is 4.39 Å². The zero-order valence-electron chi connectivity index (χ0n) is 12.2. The number of hydrogen-bond donors (Lipinski definition) is 1. The van der Waals surface area contributed by atoms with Crippen molar-refractivity contribution in [3.05, 3.63) is 46.0 Å². The zero-order valence-corrected chi connectivity index (χ0v) is 12.2. The molecule has 0 bridgehead atoms. The number of amides is 1. The summed E-state index contributed by atoms with van der Waals surface area (Å²) < 4.78 is 43.1. The Bertz CT molecular complexity index is 779. The summed E-state index contributed by atoms with van der Waals surface area (Å²) in [5.41, 5.74) is -1.33. The first-order chi connectivity index (χ1) is 11.3. The van der Waals surface area contributed by atoms with Crippen LogP contribution in [0.2, 0.25) is 0 Å². The molecule has 1 N–H and O–H groups in total. The van der Waals surface area contributed by atoms with Crippen LogP contribution in [0, 0.1) is 15.9 Å². The van der Waals surface area contributed by atoms with Gasteiger partial charge in [-0.2, -0.15) is 13.9 Å². The molecule has 0 unspecified atom stereocenters. The van der Waals surface area contributed by atoms with Crippen molar-refractivity contribution in [2.24, 2.45) is 0 Å². The fourth-order valence-corrected chi connectivity index (χ4v) is 1.84. The molecule has 0 aliphatic heterocycles. The molecular weight excluding hydrogens is 333 g/mol. The van der Waals surface area contributed by atoms with Crippen LogP contribution in [-0.4, -0.2) is 27.2 Å². The lowest BCUT2D eigenvalue weighted by Crippen LogP contribution is -2.16. The lowest BCUT2D eigenvalue weighted by Gasteiger charge is -2.11. The van der Waals surface area contributed by atoms with Crippen molar-refractivity contribution in [2.45, 2.75) is 20.1 Å². The molecule has 0 fully saturated rings. The van der Waals surface area contributed by atoms with Crippen molar-refractivity contribution in [3.8, 4) is 5.75 Å². The molecule has 1 aromatic carbocycles. The number of alkyl halides is 2. The number of carbonyl (C=O) groups is 1. The smallest absolute Gasteiger partial charge is 0.387 e. The molecule has 24 heavy (non-hydrogen) atoms. The monoisotopic (exact) mass is 344 g/mol. The normalized spacial score (nSPS) is 10.7. The molecule has 1 heterocycles. The van der Waals surface area contributed by atoms with Crippen LogP contribution in [0.15, 0.2) is 24.4 Å². The topological polar surface area (TPSA) is 99.3 Å². The fraction of sp³-hybridized carbons (Fsp3) is 0.231. The Hall–Kier alpha value is -3.11. The number of nitro groups is 1. The van der Waals surface area contributed by atoms with Gasteiger partial charge in [-0.3, -0.25) is 19.6 Å². The third-order valence-corrected chi connectivity index (χ3v) is 2.89. The molecule has 0 aliphatic rings. The standard InChI is InChI=1S/C13H11F3N4O4/c1-2-19-6-9(20(22)23)11(18-19)12(21)17-8-4-3-7(14)5-10(8)24-13(15)16/h3-6,13H,2H2,1H3,(H,17,21). The highest BCUT2D eigenvalue weighted by atomic mass is 19.3. The molecule has 2 aromatic rings. The van der Waals surface area contributed by atoms with E-state index in [0.29, 0.717) is 6.07 Å². The van der Waals surface area contributed by atoms with E-state index in [4.69, 9.17) is 0 Å². The number of carbonyl (C=O) groups excluding carboxylic acids is 1. The molecule has 8 nitrogen and oxygen atoms in total. The average molecular weight is 344 g/mol. The van der Waals surface area contributed by atoms with Gasteiger partial charge in [0.15, 0.2) is 5.75 Å². The number of nitrogens with zero attached hydrogens (tertiary/aromatic N) is 3. The summed E-state index contributed by atoms with van der Waals surface area (Å²) in [6.45, 7) is -1.30. The van der Waals surface area contributed by atoms with E-state index in [0.717, 1.165) is 18.3 Å². The summed E-state index contributed by atoms with van der Waals surface area (Å²) in [5, 5.41) is 16.9. The molecule has 0 aliphatic carbocycles. The minimum atomic E-state index is -3.24. The van der Waals surface area contributed by atoms with Crippen molar-refractivity contribution in [2.75, 3.05) is 5.32 Å². The van der Waals surface area contributed by atoms with Gasteiger partial charge in [0.1, 0.15) is 12.0 Å². The summed E-state index contributed by atoms with van der Waals surface area (Å²) in [4.78, 5) is 22.3. The van der Waals surface area contributed by atoms with Gasteiger partial charge < -0.3 is 10.1 Å². The Labute approximate surface area is 133 Å². The van der Waals surface area contributed by atoms with Crippen molar-refractivity contribution in [3.63, 3.8) is 0 Å². The maximum atomic E-state index is 13.1. The second-order valence-electron chi connectivity index (χ2n) is 4.45. The molecule has 128 valence electrons. The van der Waals surface area contributed by atoms with Crippen LogP contribution in [-0.2, 0) is 6.54 Å². The van der Waals surface area contributed by atoms with Gasteiger partial charge in [-0.05, 0) is 19.1 Å². The lowest BCUT2D eigenvalue weighted by molar-refractivity contribution is -0.385. The highest BCUT2D eigenvalue weighted by Crippen LogP contribution is 2.28. The first-order valence-corrected chi connectivity index (χ1v) is 6.59. The number of halogens is 3. The number of ether oxygens (including phenoxy) is 1. The first-order valence-electron chi connectivity index (χ1n) is 6.59. The summed E-state index contributed by atoms with van der Waals surface area (Å²) in [6, 6.07) is 2.56. The highest BCUT2D eigenvalue weighted by Gasteiger charge is 2.26. The predicted molar refractivity (Wildman–Crippen MR) is 75.5 cm³/mol. The fourth-order valence-electron chi connectivity index (χ4n) is 1.84. The molecule has 0 atom stereocenters. The Morgan fingerprint density at radius 1 is 1.50 bits per heavy atom. The van der Waals surface area contributed by atoms with Crippen molar-refractivity contribution >= 4 is 17.3 Å². The van der Waals surface area contributed by atoms with Gasteiger partial charge in [0.2, 0.25) is 5.69 Å². The van der Waals surface area contributed by atoms with E-state index in [9.17, 15) is 28.1 Å². The number of rotatable bonds is 6. The maximum Gasteiger partial charge on any atom is 0.387 e. The summed E-state index contributed by atoms with van der Waals surface area (Å²) in [5.74, 6) is -2.49. The first kappa shape index (κ1) is 17.2. The summed E-state index contributed by atoms with van der Waals surface area (Å²) >= 11 is 0. The van der Waals surface area contributed by atoms with Crippen LogP contribution in [0.3, 0.4) is 0 Å². The molecule has 11 heteroatoms. The largest absolute Gasteiger partial charge is 0.432 e. The number of aromatic nitrogens is 2. The van der Waals surface area contributed by atoms with E-state index in [1.54, 1.807) is 6.92 Å². The van der Waals surface area contributed by atoms with E-state index in [-0.39, 0.29) is 12.2 Å². The van der Waals surface area contributed by atoms with Crippen LogP contribution in [0.1, 0.15) is 17.4 Å². The summed E-state index contributed by atoms with van der Waals surface area (Å²) in [6.07, 6.45) is 1.07. The Kier molecular flexibility index (Phi) is 5.02. The highest BCUT2D eigenvalue weighted by molar-refractivity contribution is 6.06.